The van der Waals surface area contributed by atoms with E-state index in [-0.39, 0.29) is 12.2 Å². The highest BCUT2D eigenvalue weighted by Crippen LogP contribution is 2.26. The second-order valence-corrected chi connectivity index (χ2v) is 6.22. The van der Waals surface area contributed by atoms with E-state index < -0.39 is 11.6 Å². The molecule has 1 heterocycles. The Kier molecular flexibility index (Phi) is 3.71. The standard InChI is InChI=1S/C15H16O3S/c1-15(2,3)18-13(17)8-12(16)14-11-7-5-4-6-10(11)9-19-14/h4-7,9H,8H2,1-3H3. The molecule has 0 bridgehead atoms. The molecule has 0 radical (unpaired) electrons. The number of benzene rings is 1. The molecule has 3 nitrogen and oxygen atoms in total. The van der Waals surface area contributed by atoms with Crippen LogP contribution in [0.2, 0.25) is 0 Å². The number of rotatable bonds is 3. The van der Waals surface area contributed by atoms with Crippen LogP contribution >= 0.6 is 11.3 Å². The van der Waals surface area contributed by atoms with Crippen LogP contribution in [0, 0.1) is 0 Å². The van der Waals surface area contributed by atoms with Gasteiger partial charge in [-0.1, -0.05) is 24.3 Å². The molecule has 2 rings (SSSR count). The largest absolute Gasteiger partial charge is 0.460 e. The van der Waals surface area contributed by atoms with Crippen molar-refractivity contribution in [1.29, 1.82) is 0 Å². The summed E-state index contributed by atoms with van der Waals surface area (Å²) in [6.45, 7) is 5.36. The highest BCUT2D eigenvalue weighted by Gasteiger charge is 2.21. The fourth-order valence-corrected chi connectivity index (χ4v) is 2.76. The molecule has 1 aromatic carbocycles. The van der Waals surface area contributed by atoms with E-state index in [2.05, 4.69) is 0 Å². The molecule has 100 valence electrons. The van der Waals surface area contributed by atoms with Crippen molar-refractivity contribution >= 4 is 33.9 Å². The van der Waals surface area contributed by atoms with Gasteiger partial charge in [0.25, 0.3) is 0 Å². The minimum atomic E-state index is -0.561. The van der Waals surface area contributed by atoms with Crippen LogP contribution in [0.3, 0.4) is 0 Å². The monoisotopic (exact) mass is 276 g/mol. The van der Waals surface area contributed by atoms with E-state index >= 15 is 0 Å². The molecule has 0 aliphatic heterocycles. The van der Waals surface area contributed by atoms with E-state index in [1.165, 1.54) is 11.3 Å². The molecule has 0 aliphatic rings. The number of esters is 1. The van der Waals surface area contributed by atoms with E-state index in [1.54, 1.807) is 20.8 Å². The third-order valence-corrected chi connectivity index (χ3v) is 3.54. The number of ketones is 1. The number of hydrogen-bond donors (Lipinski definition) is 0. The SMILES string of the molecule is CC(C)(C)OC(=O)CC(=O)c1scc2ccccc12. The van der Waals surface area contributed by atoms with Gasteiger partial charge in [-0.3, -0.25) is 9.59 Å². The minimum absolute atomic E-state index is 0.180. The Hall–Kier alpha value is -1.68. The molecule has 0 saturated heterocycles. The van der Waals surface area contributed by atoms with E-state index in [4.69, 9.17) is 4.74 Å². The smallest absolute Gasteiger partial charge is 0.314 e. The van der Waals surface area contributed by atoms with Gasteiger partial charge in [0.15, 0.2) is 5.78 Å². The zero-order valence-electron chi connectivity index (χ0n) is 11.2. The Labute approximate surface area is 116 Å². The van der Waals surface area contributed by atoms with Crippen molar-refractivity contribution in [2.24, 2.45) is 0 Å². The lowest BCUT2D eigenvalue weighted by Gasteiger charge is -2.19. The number of hydrogen-bond acceptors (Lipinski definition) is 4. The van der Waals surface area contributed by atoms with Crippen LogP contribution in [0.15, 0.2) is 29.6 Å². The first-order valence-corrected chi connectivity index (χ1v) is 6.96. The van der Waals surface area contributed by atoms with Gasteiger partial charge in [-0.15, -0.1) is 11.3 Å². The van der Waals surface area contributed by atoms with Crippen molar-refractivity contribution in [2.75, 3.05) is 0 Å². The number of fused-ring (bicyclic) bond motifs is 1. The molecule has 0 spiro atoms. The molecule has 2 aromatic rings. The first-order valence-electron chi connectivity index (χ1n) is 6.08. The molecule has 1 aromatic heterocycles. The summed E-state index contributed by atoms with van der Waals surface area (Å²) in [7, 11) is 0. The molecule has 0 atom stereocenters. The van der Waals surface area contributed by atoms with Gasteiger partial charge in [-0.25, -0.2) is 0 Å². The molecular weight excluding hydrogens is 260 g/mol. The molecule has 19 heavy (non-hydrogen) atoms. The maximum absolute atomic E-state index is 12.1. The van der Waals surface area contributed by atoms with Crippen molar-refractivity contribution in [3.8, 4) is 0 Å². The summed E-state index contributed by atoms with van der Waals surface area (Å²) in [5.74, 6) is -0.657. The molecule has 0 unspecified atom stereocenters. The Balaban J connectivity index is 2.14. The summed E-state index contributed by atoms with van der Waals surface area (Å²) < 4.78 is 5.16. The van der Waals surface area contributed by atoms with Crippen molar-refractivity contribution in [3.63, 3.8) is 0 Å². The second-order valence-electron chi connectivity index (χ2n) is 5.34. The lowest BCUT2D eigenvalue weighted by atomic mass is 10.1. The van der Waals surface area contributed by atoms with Crippen molar-refractivity contribution in [2.45, 2.75) is 32.8 Å². The van der Waals surface area contributed by atoms with Crippen molar-refractivity contribution in [3.05, 3.63) is 34.5 Å². The predicted octanol–water partition coefficient (Wildman–Crippen LogP) is 3.82. The summed E-state index contributed by atoms with van der Waals surface area (Å²) in [5.41, 5.74) is -0.561. The normalized spacial score (nSPS) is 11.5. The van der Waals surface area contributed by atoms with Gasteiger partial charge in [0.05, 0.1) is 4.88 Å². The molecule has 0 saturated carbocycles. The van der Waals surface area contributed by atoms with Gasteiger partial charge in [-0.2, -0.15) is 0 Å². The first-order chi connectivity index (χ1) is 8.87. The third kappa shape index (κ3) is 3.41. The molecule has 0 fully saturated rings. The van der Waals surface area contributed by atoms with E-state index in [0.717, 1.165) is 10.8 Å². The first kappa shape index (κ1) is 13.7. The molecule has 0 amide bonds. The fourth-order valence-electron chi connectivity index (χ4n) is 1.80. The third-order valence-electron chi connectivity index (χ3n) is 2.49. The minimum Gasteiger partial charge on any atom is -0.460 e. The van der Waals surface area contributed by atoms with Crippen LogP contribution in [-0.4, -0.2) is 17.4 Å². The zero-order valence-corrected chi connectivity index (χ0v) is 12.0. The van der Waals surface area contributed by atoms with Gasteiger partial charge in [0.2, 0.25) is 0 Å². The van der Waals surface area contributed by atoms with Crippen molar-refractivity contribution in [1.82, 2.24) is 0 Å². The van der Waals surface area contributed by atoms with E-state index in [1.807, 2.05) is 29.6 Å². The average molecular weight is 276 g/mol. The highest BCUT2D eigenvalue weighted by atomic mass is 32.1. The Morgan fingerprint density at radius 3 is 2.58 bits per heavy atom. The zero-order chi connectivity index (χ0) is 14.0. The van der Waals surface area contributed by atoms with Crippen LogP contribution in [0.1, 0.15) is 36.9 Å². The van der Waals surface area contributed by atoms with Crippen LogP contribution < -0.4 is 0 Å². The molecule has 0 aliphatic carbocycles. The Morgan fingerprint density at radius 2 is 1.89 bits per heavy atom. The second kappa shape index (κ2) is 5.13. The summed E-state index contributed by atoms with van der Waals surface area (Å²) >= 11 is 1.37. The predicted molar refractivity (Wildman–Crippen MR) is 76.6 cm³/mol. The summed E-state index contributed by atoms with van der Waals surface area (Å²) in [6.07, 6.45) is -0.207. The highest BCUT2D eigenvalue weighted by molar-refractivity contribution is 7.13. The number of carbonyl (C=O) groups is 2. The van der Waals surface area contributed by atoms with Gasteiger partial charge in [0.1, 0.15) is 12.0 Å². The number of thiophene rings is 1. The number of Topliss-reactive ketones (excluding diaryl/α,β-unsaturated/α-hetero) is 1. The summed E-state index contributed by atoms with van der Waals surface area (Å²) in [4.78, 5) is 24.4. The lowest BCUT2D eigenvalue weighted by molar-refractivity contribution is -0.153. The number of carbonyl (C=O) groups excluding carboxylic acids is 2. The lowest BCUT2D eigenvalue weighted by Crippen LogP contribution is -2.25. The molecule has 0 N–H and O–H groups in total. The topological polar surface area (TPSA) is 43.4 Å². The number of ether oxygens (including phenoxy) is 1. The fraction of sp³-hybridized carbons (Fsp3) is 0.333. The van der Waals surface area contributed by atoms with Gasteiger partial charge in [-0.05, 0) is 31.5 Å². The van der Waals surface area contributed by atoms with Crippen molar-refractivity contribution < 1.29 is 14.3 Å². The van der Waals surface area contributed by atoms with Gasteiger partial charge in [0, 0.05) is 5.39 Å². The molecule has 4 heteroatoms. The van der Waals surface area contributed by atoms with Crippen LogP contribution in [0.25, 0.3) is 10.8 Å². The van der Waals surface area contributed by atoms with E-state index in [9.17, 15) is 9.59 Å². The average Bonchev–Trinajstić information content (AvgIpc) is 2.69. The van der Waals surface area contributed by atoms with Gasteiger partial charge < -0.3 is 4.74 Å². The summed E-state index contributed by atoms with van der Waals surface area (Å²) in [5, 5.41) is 3.86. The van der Waals surface area contributed by atoms with Gasteiger partial charge >= 0.3 is 5.97 Å². The maximum Gasteiger partial charge on any atom is 0.314 e. The quantitative estimate of drug-likeness (QED) is 0.486. The van der Waals surface area contributed by atoms with Crippen LogP contribution in [-0.2, 0) is 9.53 Å². The van der Waals surface area contributed by atoms with E-state index in [0.29, 0.717) is 4.88 Å². The van der Waals surface area contributed by atoms with Crippen LogP contribution in [0.4, 0.5) is 0 Å². The summed E-state index contributed by atoms with van der Waals surface area (Å²) in [6, 6.07) is 7.67. The molecular formula is C15H16O3S. The maximum atomic E-state index is 12.1. The Morgan fingerprint density at radius 1 is 1.21 bits per heavy atom. The Bertz CT molecular complexity index is 620. The van der Waals surface area contributed by atoms with Crippen LogP contribution in [0.5, 0.6) is 0 Å².